The lowest BCUT2D eigenvalue weighted by Gasteiger charge is -2.13. The molecule has 0 saturated carbocycles. The van der Waals surface area contributed by atoms with E-state index in [1.54, 1.807) is 12.3 Å². The second kappa shape index (κ2) is 6.32. The third-order valence-electron chi connectivity index (χ3n) is 4.09. The molecule has 1 saturated heterocycles. The van der Waals surface area contributed by atoms with Gasteiger partial charge in [-0.2, -0.15) is 0 Å². The van der Waals surface area contributed by atoms with Crippen LogP contribution >= 0.6 is 0 Å². The molecule has 0 unspecified atom stereocenters. The normalized spacial score (nSPS) is 17.8. The molecule has 22 heavy (non-hydrogen) atoms. The number of nitrogens with zero attached hydrogens (tertiary/aromatic N) is 1. The predicted molar refractivity (Wildman–Crippen MR) is 85.2 cm³/mol. The van der Waals surface area contributed by atoms with Gasteiger partial charge in [-0.15, -0.1) is 0 Å². The minimum absolute atomic E-state index is 0.0674. The van der Waals surface area contributed by atoms with E-state index in [-0.39, 0.29) is 23.0 Å². The van der Waals surface area contributed by atoms with Crippen molar-refractivity contribution in [1.29, 1.82) is 0 Å². The van der Waals surface area contributed by atoms with Crippen LogP contribution < -0.4 is 10.7 Å². The smallest absolute Gasteiger partial charge is 0.256 e. The van der Waals surface area contributed by atoms with Crippen LogP contribution in [0.15, 0.2) is 35.3 Å². The molecule has 0 bridgehead atoms. The zero-order chi connectivity index (χ0) is 15.5. The van der Waals surface area contributed by atoms with E-state index in [2.05, 4.69) is 5.32 Å². The first-order valence-corrected chi connectivity index (χ1v) is 7.72. The van der Waals surface area contributed by atoms with Gasteiger partial charge in [-0.25, -0.2) is 0 Å². The number of nitrogens with one attached hydrogen (secondary N) is 1. The Morgan fingerprint density at radius 1 is 1.41 bits per heavy atom. The fraction of sp³-hybridized carbons (Fsp3) is 0.412. The number of fused-ring (bicyclic) bond motifs is 1. The number of hydrogen-bond acceptors (Lipinski definition) is 3. The molecule has 5 heteroatoms. The first-order valence-electron chi connectivity index (χ1n) is 7.72. The molecule has 1 aromatic carbocycles. The van der Waals surface area contributed by atoms with Gasteiger partial charge >= 0.3 is 0 Å². The second-order valence-electron chi connectivity index (χ2n) is 5.52. The Morgan fingerprint density at radius 2 is 2.23 bits per heavy atom. The summed E-state index contributed by atoms with van der Waals surface area (Å²) in [7, 11) is 0. The number of ether oxygens (including phenoxy) is 1. The van der Waals surface area contributed by atoms with Gasteiger partial charge in [-0.05, 0) is 31.9 Å². The number of carbonyl (C=O) groups is 1. The van der Waals surface area contributed by atoms with E-state index < -0.39 is 0 Å². The average Bonchev–Trinajstić information content (AvgIpc) is 3.07. The fourth-order valence-electron chi connectivity index (χ4n) is 2.88. The van der Waals surface area contributed by atoms with E-state index in [1.807, 2.05) is 29.7 Å². The number of amides is 1. The number of rotatable bonds is 4. The summed E-state index contributed by atoms with van der Waals surface area (Å²) in [6.45, 7) is 3.90. The number of para-hydroxylation sites is 1. The highest BCUT2D eigenvalue weighted by Gasteiger charge is 2.19. The predicted octanol–water partition coefficient (Wildman–Crippen LogP) is 1.93. The third-order valence-corrected chi connectivity index (χ3v) is 4.09. The standard InChI is InChI=1S/C17H20N2O3/c1-2-19-11-14(16(20)13-7-3-4-8-15(13)19)17(21)18-10-12-6-5-9-22-12/h3-4,7-8,11-12H,2,5-6,9-10H2,1H3,(H,18,21)/t12-/m0/s1. The van der Waals surface area contributed by atoms with E-state index in [0.29, 0.717) is 18.5 Å². The monoisotopic (exact) mass is 300 g/mol. The largest absolute Gasteiger partial charge is 0.376 e. The average molecular weight is 300 g/mol. The highest BCUT2D eigenvalue weighted by molar-refractivity contribution is 5.97. The summed E-state index contributed by atoms with van der Waals surface area (Å²) in [4.78, 5) is 24.9. The number of pyridine rings is 1. The molecule has 0 aliphatic carbocycles. The SMILES string of the molecule is CCn1cc(C(=O)NC[C@@H]2CCCO2)c(=O)c2ccccc21. The molecule has 1 aromatic heterocycles. The van der Waals surface area contributed by atoms with Gasteiger partial charge in [0, 0.05) is 31.3 Å². The number of carbonyl (C=O) groups excluding carboxylic acids is 1. The highest BCUT2D eigenvalue weighted by atomic mass is 16.5. The maximum Gasteiger partial charge on any atom is 0.256 e. The summed E-state index contributed by atoms with van der Waals surface area (Å²) in [5, 5.41) is 3.40. The van der Waals surface area contributed by atoms with Crippen molar-refractivity contribution in [3.05, 3.63) is 46.2 Å². The molecule has 3 rings (SSSR count). The molecule has 116 valence electrons. The van der Waals surface area contributed by atoms with Gasteiger partial charge in [-0.1, -0.05) is 12.1 Å². The van der Waals surface area contributed by atoms with Crippen LogP contribution in [-0.4, -0.2) is 29.7 Å². The van der Waals surface area contributed by atoms with Crippen LogP contribution in [0.4, 0.5) is 0 Å². The quantitative estimate of drug-likeness (QED) is 0.938. The Bertz CT molecular complexity index is 745. The van der Waals surface area contributed by atoms with Crippen LogP contribution in [0.5, 0.6) is 0 Å². The molecule has 0 radical (unpaired) electrons. The maximum atomic E-state index is 12.5. The van der Waals surface area contributed by atoms with E-state index in [9.17, 15) is 9.59 Å². The van der Waals surface area contributed by atoms with Crippen molar-refractivity contribution in [1.82, 2.24) is 9.88 Å². The van der Waals surface area contributed by atoms with Crippen LogP contribution in [-0.2, 0) is 11.3 Å². The lowest BCUT2D eigenvalue weighted by atomic mass is 10.1. The topological polar surface area (TPSA) is 60.3 Å². The van der Waals surface area contributed by atoms with Crippen molar-refractivity contribution in [2.24, 2.45) is 0 Å². The van der Waals surface area contributed by atoms with Gasteiger partial charge in [0.05, 0.1) is 11.6 Å². The van der Waals surface area contributed by atoms with Gasteiger partial charge in [-0.3, -0.25) is 9.59 Å². The number of aryl methyl sites for hydroxylation is 1. The molecular formula is C17H20N2O3. The number of hydrogen-bond donors (Lipinski definition) is 1. The van der Waals surface area contributed by atoms with E-state index in [1.165, 1.54) is 0 Å². The van der Waals surface area contributed by atoms with Crippen LogP contribution in [0.3, 0.4) is 0 Å². The van der Waals surface area contributed by atoms with Gasteiger partial charge < -0.3 is 14.6 Å². The highest BCUT2D eigenvalue weighted by Crippen LogP contribution is 2.13. The summed E-state index contributed by atoms with van der Waals surface area (Å²) in [6.07, 6.45) is 3.70. The first-order chi connectivity index (χ1) is 10.7. The van der Waals surface area contributed by atoms with Gasteiger partial charge in [0.2, 0.25) is 5.43 Å². The van der Waals surface area contributed by atoms with Crippen LogP contribution in [0.25, 0.3) is 10.9 Å². The number of benzene rings is 1. The lowest BCUT2D eigenvalue weighted by Crippen LogP contribution is -2.35. The molecule has 5 nitrogen and oxygen atoms in total. The van der Waals surface area contributed by atoms with E-state index in [0.717, 1.165) is 25.0 Å². The van der Waals surface area contributed by atoms with Crippen molar-refractivity contribution in [3.8, 4) is 0 Å². The van der Waals surface area contributed by atoms with Crippen LogP contribution in [0.1, 0.15) is 30.1 Å². The first kappa shape index (κ1) is 14.8. The molecule has 1 aliphatic rings. The molecular weight excluding hydrogens is 280 g/mol. The third kappa shape index (κ3) is 2.76. The molecule has 2 heterocycles. The number of aromatic nitrogens is 1. The molecule has 0 spiro atoms. The molecule has 1 aliphatic heterocycles. The molecule has 1 N–H and O–H groups in total. The zero-order valence-electron chi connectivity index (χ0n) is 12.7. The Balaban J connectivity index is 1.90. The Morgan fingerprint density at radius 3 is 2.95 bits per heavy atom. The summed E-state index contributed by atoms with van der Waals surface area (Å²) >= 11 is 0. The van der Waals surface area contributed by atoms with Gasteiger partial charge in [0.15, 0.2) is 0 Å². The van der Waals surface area contributed by atoms with Crippen molar-refractivity contribution in [3.63, 3.8) is 0 Å². The van der Waals surface area contributed by atoms with Crippen molar-refractivity contribution >= 4 is 16.8 Å². The Labute approximate surface area is 128 Å². The molecule has 1 fully saturated rings. The zero-order valence-corrected chi connectivity index (χ0v) is 12.7. The summed E-state index contributed by atoms with van der Waals surface area (Å²) < 4.78 is 7.41. The molecule has 2 aromatic rings. The lowest BCUT2D eigenvalue weighted by molar-refractivity contribution is 0.0856. The minimum atomic E-state index is -0.326. The Hall–Kier alpha value is -2.14. The summed E-state index contributed by atoms with van der Waals surface area (Å²) in [6, 6.07) is 7.37. The molecule has 1 atom stereocenters. The minimum Gasteiger partial charge on any atom is -0.376 e. The van der Waals surface area contributed by atoms with Crippen LogP contribution in [0.2, 0.25) is 0 Å². The van der Waals surface area contributed by atoms with Crippen LogP contribution in [0, 0.1) is 0 Å². The van der Waals surface area contributed by atoms with Crippen molar-refractivity contribution < 1.29 is 9.53 Å². The Kier molecular flexibility index (Phi) is 4.24. The van der Waals surface area contributed by atoms with E-state index in [4.69, 9.17) is 4.74 Å². The summed E-state index contributed by atoms with van der Waals surface area (Å²) in [5.41, 5.74) is 0.828. The van der Waals surface area contributed by atoms with Gasteiger partial charge in [0.25, 0.3) is 5.91 Å². The molecule has 1 amide bonds. The van der Waals surface area contributed by atoms with Crippen molar-refractivity contribution in [2.45, 2.75) is 32.4 Å². The summed E-state index contributed by atoms with van der Waals surface area (Å²) in [5.74, 6) is -0.326. The second-order valence-corrected chi connectivity index (χ2v) is 5.52. The van der Waals surface area contributed by atoms with Crippen molar-refractivity contribution in [2.75, 3.05) is 13.2 Å². The fourth-order valence-corrected chi connectivity index (χ4v) is 2.88. The van der Waals surface area contributed by atoms with E-state index >= 15 is 0 Å². The van der Waals surface area contributed by atoms with Gasteiger partial charge in [0.1, 0.15) is 5.56 Å². The maximum absolute atomic E-state index is 12.5.